The SMILES string of the molecule is CON(C(=O)N1CC(c2cccc(-c3ccc(-c4ccncc4)cc3)c2C(F)(F)F)C1)C(C)(C)C. The normalized spacial score (nSPS) is 14.5. The van der Waals surface area contributed by atoms with Crippen LogP contribution in [0.4, 0.5) is 18.0 Å². The molecule has 35 heavy (non-hydrogen) atoms. The Morgan fingerprint density at radius 3 is 2.06 bits per heavy atom. The lowest BCUT2D eigenvalue weighted by Gasteiger charge is -2.45. The molecule has 0 bridgehead atoms. The predicted octanol–water partition coefficient (Wildman–Crippen LogP) is 6.62. The lowest BCUT2D eigenvalue weighted by atomic mass is 9.84. The third-order valence-electron chi connectivity index (χ3n) is 6.15. The number of aromatic nitrogens is 1. The van der Waals surface area contributed by atoms with Crippen molar-refractivity contribution in [3.8, 4) is 22.3 Å². The number of pyridine rings is 1. The first kappa shape index (κ1) is 24.7. The number of hydroxylamine groups is 2. The fourth-order valence-electron chi connectivity index (χ4n) is 4.45. The van der Waals surface area contributed by atoms with Crippen LogP contribution in [0.5, 0.6) is 0 Å². The van der Waals surface area contributed by atoms with Crippen molar-refractivity contribution in [2.24, 2.45) is 0 Å². The van der Waals surface area contributed by atoms with Gasteiger partial charge < -0.3 is 4.90 Å². The second-order valence-electron chi connectivity index (χ2n) is 9.61. The summed E-state index contributed by atoms with van der Waals surface area (Å²) in [6.45, 7) is 5.88. The Bertz CT molecular complexity index is 1180. The van der Waals surface area contributed by atoms with E-state index in [1.54, 1.807) is 30.6 Å². The molecule has 0 unspecified atom stereocenters. The Morgan fingerprint density at radius 2 is 1.51 bits per heavy atom. The van der Waals surface area contributed by atoms with Crippen LogP contribution >= 0.6 is 0 Å². The highest BCUT2D eigenvalue weighted by Crippen LogP contribution is 2.44. The van der Waals surface area contributed by atoms with E-state index in [1.165, 1.54) is 29.2 Å². The molecule has 1 aliphatic heterocycles. The second-order valence-corrected chi connectivity index (χ2v) is 9.61. The van der Waals surface area contributed by atoms with Crippen molar-refractivity contribution in [2.45, 2.75) is 38.4 Å². The van der Waals surface area contributed by atoms with Gasteiger partial charge >= 0.3 is 12.2 Å². The molecular weight excluding hydrogens is 455 g/mol. The van der Waals surface area contributed by atoms with Crippen molar-refractivity contribution in [3.63, 3.8) is 0 Å². The minimum absolute atomic E-state index is 0.134. The number of rotatable bonds is 4. The van der Waals surface area contributed by atoms with Crippen LogP contribution in [0.25, 0.3) is 22.3 Å². The third-order valence-corrected chi connectivity index (χ3v) is 6.15. The highest BCUT2D eigenvalue weighted by atomic mass is 19.4. The Morgan fingerprint density at radius 1 is 0.943 bits per heavy atom. The van der Waals surface area contributed by atoms with E-state index in [0.29, 0.717) is 5.56 Å². The number of nitrogens with zero attached hydrogens (tertiary/aromatic N) is 3. The van der Waals surface area contributed by atoms with Gasteiger partial charge in [0, 0.05) is 31.4 Å². The third kappa shape index (κ3) is 5.03. The number of urea groups is 1. The number of carbonyl (C=O) groups is 1. The molecule has 0 spiro atoms. The number of hydrogen-bond acceptors (Lipinski definition) is 3. The molecule has 184 valence electrons. The fraction of sp³-hybridized carbons (Fsp3) is 0.333. The molecule has 2 heterocycles. The van der Waals surface area contributed by atoms with Crippen LogP contribution in [-0.4, -0.2) is 46.7 Å². The summed E-state index contributed by atoms with van der Waals surface area (Å²) in [5.74, 6) is -0.412. The number of hydrogen-bond donors (Lipinski definition) is 0. The van der Waals surface area contributed by atoms with Crippen molar-refractivity contribution >= 4 is 6.03 Å². The molecule has 0 N–H and O–H groups in total. The van der Waals surface area contributed by atoms with Crippen molar-refractivity contribution in [1.29, 1.82) is 0 Å². The van der Waals surface area contributed by atoms with Gasteiger partial charge in [0.15, 0.2) is 0 Å². The molecule has 1 aromatic heterocycles. The van der Waals surface area contributed by atoms with Crippen LogP contribution in [0.2, 0.25) is 0 Å². The largest absolute Gasteiger partial charge is 0.417 e. The van der Waals surface area contributed by atoms with Gasteiger partial charge in [0.2, 0.25) is 0 Å². The van der Waals surface area contributed by atoms with Gasteiger partial charge in [-0.15, -0.1) is 0 Å². The quantitative estimate of drug-likeness (QED) is 0.392. The molecule has 0 saturated carbocycles. The standard InChI is InChI=1S/C27H28F3N3O2/c1-26(2,3)33(35-4)25(34)32-16-21(17-32)23-7-5-6-22(24(23)27(28,29)30)20-10-8-18(9-11-20)19-12-14-31-15-13-19/h5-15,21H,16-17H2,1-4H3. The first-order valence-corrected chi connectivity index (χ1v) is 11.3. The zero-order valence-corrected chi connectivity index (χ0v) is 20.1. The molecule has 2 aromatic carbocycles. The van der Waals surface area contributed by atoms with Crippen molar-refractivity contribution < 1.29 is 22.8 Å². The number of alkyl halides is 3. The Kier molecular flexibility index (Phi) is 6.60. The van der Waals surface area contributed by atoms with Gasteiger partial charge in [-0.3, -0.25) is 9.82 Å². The van der Waals surface area contributed by atoms with Gasteiger partial charge in [0.05, 0.1) is 18.2 Å². The summed E-state index contributed by atoms with van der Waals surface area (Å²) in [6.07, 6.45) is -1.19. The summed E-state index contributed by atoms with van der Waals surface area (Å²) >= 11 is 0. The molecule has 5 nitrogen and oxygen atoms in total. The smallest absolute Gasteiger partial charge is 0.321 e. The van der Waals surface area contributed by atoms with E-state index in [9.17, 15) is 18.0 Å². The number of amides is 2. The summed E-state index contributed by atoms with van der Waals surface area (Å²) in [4.78, 5) is 23.5. The lowest BCUT2D eigenvalue weighted by Crippen LogP contribution is -2.57. The summed E-state index contributed by atoms with van der Waals surface area (Å²) in [7, 11) is 1.41. The molecule has 3 aromatic rings. The van der Waals surface area contributed by atoms with Crippen LogP contribution in [-0.2, 0) is 11.0 Å². The van der Waals surface area contributed by atoms with E-state index in [4.69, 9.17) is 4.84 Å². The maximum Gasteiger partial charge on any atom is 0.417 e. The molecule has 2 amide bonds. The molecule has 1 aliphatic rings. The maximum atomic E-state index is 14.3. The van der Waals surface area contributed by atoms with Crippen molar-refractivity contribution in [3.05, 3.63) is 78.1 Å². The van der Waals surface area contributed by atoms with Gasteiger partial charge in [0.25, 0.3) is 0 Å². The number of benzene rings is 2. The number of halogens is 3. The minimum atomic E-state index is -4.54. The van der Waals surface area contributed by atoms with Gasteiger partial charge in [0.1, 0.15) is 0 Å². The Labute approximate surface area is 203 Å². The van der Waals surface area contributed by atoms with Gasteiger partial charge in [-0.1, -0.05) is 42.5 Å². The first-order chi connectivity index (χ1) is 16.5. The lowest BCUT2D eigenvalue weighted by molar-refractivity contribution is -0.153. The highest BCUT2D eigenvalue weighted by Gasteiger charge is 2.43. The summed E-state index contributed by atoms with van der Waals surface area (Å²) in [5, 5.41) is 1.24. The average molecular weight is 484 g/mol. The second kappa shape index (κ2) is 9.34. The van der Waals surface area contributed by atoms with E-state index < -0.39 is 23.2 Å². The van der Waals surface area contributed by atoms with Gasteiger partial charge in [-0.05, 0) is 60.7 Å². The van der Waals surface area contributed by atoms with E-state index in [-0.39, 0.29) is 30.2 Å². The molecule has 8 heteroatoms. The van der Waals surface area contributed by atoms with E-state index in [1.807, 2.05) is 45.0 Å². The van der Waals surface area contributed by atoms with Crippen LogP contribution < -0.4 is 0 Å². The topological polar surface area (TPSA) is 45.7 Å². The Hall–Kier alpha value is -3.39. The fourth-order valence-corrected chi connectivity index (χ4v) is 4.45. The molecule has 0 atom stereocenters. The summed E-state index contributed by atoms with van der Waals surface area (Å²) < 4.78 is 43.0. The average Bonchev–Trinajstić information content (AvgIpc) is 2.77. The zero-order valence-electron chi connectivity index (χ0n) is 20.1. The number of carbonyl (C=O) groups excluding carboxylic acids is 1. The summed E-state index contributed by atoms with van der Waals surface area (Å²) in [5.41, 5.74) is 1.45. The van der Waals surface area contributed by atoms with Crippen molar-refractivity contribution in [2.75, 3.05) is 20.2 Å². The molecule has 4 rings (SSSR count). The highest BCUT2D eigenvalue weighted by molar-refractivity contribution is 5.76. The van der Waals surface area contributed by atoms with Crippen LogP contribution in [0.3, 0.4) is 0 Å². The first-order valence-electron chi connectivity index (χ1n) is 11.3. The van der Waals surface area contributed by atoms with Gasteiger partial charge in [-0.25, -0.2) is 4.79 Å². The molecule has 1 saturated heterocycles. The van der Waals surface area contributed by atoms with Crippen molar-refractivity contribution in [1.82, 2.24) is 14.9 Å². The molecule has 0 aliphatic carbocycles. The predicted molar refractivity (Wildman–Crippen MR) is 128 cm³/mol. The zero-order chi connectivity index (χ0) is 25.4. The van der Waals surface area contributed by atoms with Crippen LogP contribution in [0.1, 0.15) is 37.8 Å². The van der Waals surface area contributed by atoms with Crippen LogP contribution in [0, 0.1) is 0 Å². The number of likely N-dealkylation sites (tertiary alicyclic amines) is 1. The molecular formula is C27H28F3N3O2. The Balaban J connectivity index is 1.62. The maximum absolute atomic E-state index is 14.3. The molecule has 0 radical (unpaired) electrons. The van der Waals surface area contributed by atoms with Gasteiger partial charge in [-0.2, -0.15) is 18.2 Å². The van der Waals surface area contributed by atoms with E-state index in [0.717, 1.165) is 11.1 Å². The van der Waals surface area contributed by atoms with E-state index in [2.05, 4.69) is 4.98 Å². The molecule has 1 fully saturated rings. The monoisotopic (exact) mass is 483 g/mol. The minimum Gasteiger partial charge on any atom is -0.321 e. The summed E-state index contributed by atoms with van der Waals surface area (Å²) in [6, 6.07) is 15.1. The van der Waals surface area contributed by atoms with E-state index >= 15 is 0 Å². The van der Waals surface area contributed by atoms with Crippen LogP contribution in [0.15, 0.2) is 67.0 Å².